The van der Waals surface area contributed by atoms with Gasteiger partial charge in [0.05, 0.1) is 0 Å². The van der Waals surface area contributed by atoms with Crippen LogP contribution in [0.25, 0.3) is 0 Å². The number of carbonyl (C=O) groups is 2. The molecule has 6 nitrogen and oxygen atoms in total. The van der Waals surface area contributed by atoms with Gasteiger partial charge in [0.2, 0.25) is 5.76 Å². The van der Waals surface area contributed by atoms with Crippen molar-refractivity contribution in [2.24, 2.45) is 5.92 Å². The van der Waals surface area contributed by atoms with E-state index in [1.165, 1.54) is 0 Å². The molecule has 2 N–H and O–H groups in total. The quantitative estimate of drug-likeness (QED) is 0.806. The SMILES string of the molecule is CCCC1CC1NC(=O)c1cc(C(=O)O)on1. The summed E-state index contributed by atoms with van der Waals surface area (Å²) in [5, 5.41) is 14.8. The Bertz CT molecular complexity index is 440. The minimum Gasteiger partial charge on any atom is -0.475 e. The van der Waals surface area contributed by atoms with Gasteiger partial charge < -0.3 is 14.9 Å². The lowest BCUT2D eigenvalue weighted by Gasteiger charge is -2.00. The van der Waals surface area contributed by atoms with Gasteiger partial charge in [-0.25, -0.2) is 4.79 Å². The Kier molecular flexibility index (Phi) is 3.12. The standard InChI is InChI=1S/C11H14N2O4/c1-2-3-6-4-7(6)12-10(14)8-5-9(11(15)16)17-13-8/h5-7H,2-4H2,1H3,(H,12,14)(H,15,16). The van der Waals surface area contributed by atoms with Crippen molar-refractivity contribution in [2.75, 3.05) is 0 Å². The molecule has 92 valence electrons. The Hall–Kier alpha value is -1.85. The van der Waals surface area contributed by atoms with Crippen molar-refractivity contribution < 1.29 is 19.2 Å². The highest BCUT2D eigenvalue weighted by Crippen LogP contribution is 2.34. The number of amides is 1. The highest BCUT2D eigenvalue weighted by molar-refractivity contribution is 5.95. The number of hydrogen-bond donors (Lipinski definition) is 2. The topological polar surface area (TPSA) is 92.4 Å². The van der Waals surface area contributed by atoms with Gasteiger partial charge in [0.1, 0.15) is 0 Å². The maximum absolute atomic E-state index is 11.7. The van der Waals surface area contributed by atoms with Crippen LogP contribution in [-0.4, -0.2) is 28.2 Å². The van der Waals surface area contributed by atoms with Gasteiger partial charge in [-0.15, -0.1) is 0 Å². The smallest absolute Gasteiger partial charge is 0.374 e. The third kappa shape index (κ3) is 2.64. The van der Waals surface area contributed by atoms with Crippen molar-refractivity contribution >= 4 is 11.9 Å². The third-order valence-electron chi connectivity index (χ3n) is 2.85. The van der Waals surface area contributed by atoms with E-state index >= 15 is 0 Å². The first-order valence-corrected chi connectivity index (χ1v) is 5.62. The molecule has 1 aromatic heterocycles. The van der Waals surface area contributed by atoms with E-state index in [1.807, 2.05) is 0 Å². The number of carbonyl (C=O) groups excluding carboxylic acids is 1. The van der Waals surface area contributed by atoms with E-state index in [9.17, 15) is 9.59 Å². The van der Waals surface area contributed by atoms with Crippen LogP contribution in [0.3, 0.4) is 0 Å². The molecule has 0 aliphatic heterocycles. The fraction of sp³-hybridized carbons (Fsp3) is 0.545. The summed E-state index contributed by atoms with van der Waals surface area (Å²) in [6, 6.07) is 1.34. The van der Waals surface area contributed by atoms with Crippen LogP contribution in [0.2, 0.25) is 0 Å². The van der Waals surface area contributed by atoms with Crippen LogP contribution < -0.4 is 5.32 Å². The van der Waals surface area contributed by atoms with E-state index < -0.39 is 5.97 Å². The molecule has 1 fully saturated rings. The molecule has 0 radical (unpaired) electrons. The number of rotatable bonds is 5. The molecular weight excluding hydrogens is 224 g/mol. The van der Waals surface area contributed by atoms with E-state index in [2.05, 4.69) is 21.9 Å². The van der Waals surface area contributed by atoms with E-state index in [4.69, 9.17) is 5.11 Å². The highest BCUT2D eigenvalue weighted by Gasteiger charge is 2.37. The molecule has 2 rings (SSSR count). The predicted octanol–water partition coefficient (Wildman–Crippen LogP) is 1.29. The van der Waals surface area contributed by atoms with Gasteiger partial charge in [0.15, 0.2) is 5.69 Å². The molecule has 0 spiro atoms. The van der Waals surface area contributed by atoms with E-state index in [0.29, 0.717) is 5.92 Å². The van der Waals surface area contributed by atoms with Gasteiger partial charge in [-0.2, -0.15) is 0 Å². The minimum atomic E-state index is -1.23. The largest absolute Gasteiger partial charge is 0.475 e. The van der Waals surface area contributed by atoms with E-state index in [1.54, 1.807) is 0 Å². The fourth-order valence-electron chi connectivity index (χ4n) is 1.84. The summed E-state index contributed by atoms with van der Waals surface area (Å²) in [4.78, 5) is 22.2. The normalized spacial score (nSPS) is 22.2. The van der Waals surface area contributed by atoms with Gasteiger partial charge in [-0.1, -0.05) is 18.5 Å². The lowest BCUT2D eigenvalue weighted by atomic mass is 10.2. The second-order valence-electron chi connectivity index (χ2n) is 4.25. The highest BCUT2D eigenvalue weighted by atomic mass is 16.5. The Morgan fingerprint density at radius 1 is 1.65 bits per heavy atom. The average Bonchev–Trinajstić information content (AvgIpc) is 2.83. The monoisotopic (exact) mass is 238 g/mol. The maximum Gasteiger partial charge on any atom is 0.374 e. The van der Waals surface area contributed by atoms with Crippen molar-refractivity contribution in [2.45, 2.75) is 32.2 Å². The van der Waals surface area contributed by atoms with Crippen LogP contribution in [0.4, 0.5) is 0 Å². The van der Waals surface area contributed by atoms with Crippen LogP contribution in [0, 0.1) is 5.92 Å². The summed E-state index contributed by atoms with van der Waals surface area (Å²) in [5.41, 5.74) is 0.0181. The number of carboxylic acid groups (broad SMARTS) is 1. The maximum atomic E-state index is 11.7. The van der Waals surface area contributed by atoms with E-state index in [-0.39, 0.29) is 23.4 Å². The molecule has 1 aliphatic carbocycles. The Morgan fingerprint density at radius 2 is 2.41 bits per heavy atom. The van der Waals surface area contributed by atoms with Crippen LogP contribution in [-0.2, 0) is 0 Å². The first-order chi connectivity index (χ1) is 8.11. The summed E-state index contributed by atoms with van der Waals surface area (Å²) >= 11 is 0. The zero-order valence-corrected chi connectivity index (χ0v) is 9.47. The number of aromatic nitrogens is 1. The second-order valence-corrected chi connectivity index (χ2v) is 4.25. The van der Waals surface area contributed by atoms with Crippen molar-refractivity contribution in [3.8, 4) is 0 Å². The zero-order chi connectivity index (χ0) is 12.4. The first-order valence-electron chi connectivity index (χ1n) is 5.62. The van der Waals surface area contributed by atoms with Crippen molar-refractivity contribution in [3.63, 3.8) is 0 Å². The summed E-state index contributed by atoms with van der Waals surface area (Å²) in [6.45, 7) is 2.11. The van der Waals surface area contributed by atoms with Crippen LogP contribution in [0.1, 0.15) is 47.2 Å². The zero-order valence-electron chi connectivity index (χ0n) is 9.47. The summed E-state index contributed by atoms with van der Waals surface area (Å²) in [6.07, 6.45) is 3.19. The predicted molar refractivity (Wildman–Crippen MR) is 57.7 cm³/mol. The van der Waals surface area contributed by atoms with Gasteiger partial charge in [0, 0.05) is 12.1 Å². The molecule has 1 heterocycles. The van der Waals surface area contributed by atoms with E-state index in [0.717, 1.165) is 25.3 Å². The number of nitrogens with one attached hydrogen (secondary N) is 1. The first kappa shape index (κ1) is 11.6. The van der Waals surface area contributed by atoms with Gasteiger partial charge in [-0.05, 0) is 18.8 Å². The van der Waals surface area contributed by atoms with Gasteiger partial charge in [0.25, 0.3) is 5.91 Å². The van der Waals surface area contributed by atoms with Crippen molar-refractivity contribution in [1.29, 1.82) is 0 Å². The Morgan fingerprint density at radius 3 is 3.00 bits per heavy atom. The minimum absolute atomic E-state index is 0.0181. The Labute approximate surface area is 98.0 Å². The number of nitrogens with zero attached hydrogens (tertiary/aromatic N) is 1. The van der Waals surface area contributed by atoms with Crippen LogP contribution >= 0.6 is 0 Å². The third-order valence-corrected chi connectivity index (χ3v) is 2.85. The number of aromatic carboxylic acids is 1. The molecule has 0 saturated heterocycles. The van der Waals surface area contributed by atoms with Crippen molar-refractivity contribution in [1.82, 2.24) is 10.5 Å². The molecule has 1 amide bonds. The lowest BCUT2D eigenvalue weighted by Crippen LogP contribution is -2.27. The molecule has 2 unspecified atom stereocenters. The molecule has 1 saturated carbocycles. The molecular formula is C11H14N2O4. The molecule has 6 heteroatoms. The van der Waals surface area contributed by atoms with Crippen LogP contribution in [0.5, 0.6) is 0 Å². The second kappa shape index (κ2) is 4.57. The van der Waals surface area contributed by atoms with Gasteiger partial charge >= 0.3 is 5.97 Å². The molecule has 2 atom stereocenters. The average molecular weight is 238 g/mol. The number of hydrogen-bond acceptors (Lipinski definition) is 4. The summed E-state index contributed by atoms with van der Waals surface area (Å²) < 4.78 is 4.51. The summed E-state index contributed by atoms with van der Waals surface area (Å²) in [5.74, 6) is -1.37. The molecule has 17 heavy (non-hydrogen) atoms. The van der Waals surface area contributed by atoms with Crippen molar-refractivity contribution in [3.05, 3.63) is 17.5 Å². The lowest BCUT2D eigenvalue weighted by molar-refractivity contribution is 0.0651. The molecule has 1 aromatic rings. The van der Waals surface area contributed by atoms with Crippen LogP contribution in [0.15, 0.2) is 10.6 Å². The van der Waals surface area contributed by atoms with Gasteiger partial charge in [-0.3, -0.25) is 4.79 Å². The number of carboxylic acids is 1. The molecule has 0 bridgehead atoms. The molecule has 1 aliphatic rings. The molecule has 0 aromatic carbocycles. The fourth-order valence-corrected chi connectivity index (χ4v) is 1.84. The Balaban J connectivity index is 1.90. The summed E-state index contributed by atoms with van der Waals surface area (Å²) in [7, 11) is 0.